The molecule has 5 heteroatoms. The molecule has 2 aromatic carbocycles. The van der Waals surface area contributed by atoms with Gasteiger partial charge in [-0.05, 0) is 55.0 Å². The SMILES string of the molecule is CCOc1cccc(C=CC(=O)c2ccc(OCC(=O)OC)cc2)c1. The molecule has 0 aliphatic carbocycles. The minimum Gasteiger partial charge on any atom is -0.494 e. The van der Waals surface area contributed by atoms with Crippen molar-refractivity contribution in [2.24, 2.45) is 0 Å². The number of rotatable bonds is 8. The Labute approximate surface area is 146 Å². The van der Waals surface area contributed by atoms with Crippen LogP contribution in [0, 0.1) is 0 Å². The first kappa shape index (κ1) is 18.3. The van der Waals surface area contributed by atoms with E-state index >= 15 is 0 Å². The second-order valence-electron chi connectivity index (χ2n) is 5.09. The monoisotopic (exact) mass is 340 g/mol. The standard InChI is InChI=1S/C20H20O5/c1-3-24-18-6-4-5-15(13-18)7-12-19(21)16-8-10-17(11-9-16)25-14-20(22)23-2/h4-13H,3,14H2,1-2H3. The molecule has 130 valence electrons. The van der Waals surface area contributed by atoms with Gasteiger partial charge in [0.05, 0.1) is 13.7 Å². The lowest BCUT2D eigenvalue weighted by Gasteiger charge is -2.05. The van der Waals surface area contributed by atoms with E-state index in [0.717, 1.165) is 11.3 Å². The molecule has 0 bridgehead atoms. The van der Waals surface area contributed by atoms with Crippen molar-refractivity contribution in [3.05, 3.63) is 65.7 Å². The summed E-state index contributed by atoms with van der Waals surface area (Å²) in [5, 5.41) is 0. The van der Waals surface area contributed by atoms with E-state index in [1.165, 1.54) is 13.2 Å². The Kier molecular flexibility index (Phi) is 6.77. The van der Waals surface area contributed by atoms with E-state index < -0.39 is 5.97 Å². The quantitative estimate of drug-likeness (QED) is 0.418. The van der Waals surface area contributed by atoms with E-state index in [0.29, 0.717) is 17.9 Å². The summed E-state index contributed by atoms with van der Waals surface area (Å²) in [6.07, 6.45) is 3.25. The maximum atomic E-state index is 12.2. The van der Waals surface area contributed by atoms with Crippen LogP contribution in [0.25, 0.3) is 6.08 Å². The van der Waals surface area contributed by atoms with Crippen LogP contribution in [0.5, 0.6) is 11.5 Å². The van der Waals surface area contributed by atoms with Crippen LogP contribution in [0.3, 0.4) is 0 Å². The Morgan fingerprint density at radius 3 is 2.44 bits per heavy atom. The summed E-state index contributed by atoms with van der Waals surface area (Å²) >= 11 is 0. The summed E-state index contributed by atoms with van der Waals surface area (Å²) in [7, 11) is 1.30. The summed E-state index contributed by atoms with van der Waals surface area (Å²) in [5.41, 5.74) is 1.42. The number of hydrogen-bond donors (Lipinski definition) is 0. The van der Waals surface area contributed by atoms with Crippen LogP contribution in [-0.4, -0.2) is 32.1 Å². The summed E-state index contributed by atoms with van der Waals surface area (Å²) in [5.74, 6) is 0.679. The molecular formula is C20H20O5. The molecule has 0 saturated heterocycles. The van der Waals surface area contributed by atoms with Gasteiger partial charge in [-0.15, -0.1) is 0 Å². The maximum Gasteiger partial charge on any atom is 0.343 e. The second kappa shape index (κ2) is 9.27. The minimum absolute atomic E-state index is 0.124. The maximum absolute atomic E-state index is 12.2. The van der Waals surface area contributed by atoms with Gasteiger partial charge in [0.25, 0.3) is 0 Å². The van der Waals surface area contributed by atoms with E-state index in [2.05, 4.69) is 4.74 Å². The fraction of sp³-hybridized carbons (Fsp3) is 0.200. The number of carbonyl (C=O) groups excluding carboxylic acids is 2. The molecule has 0 aliphatic rings. The highest BCUT2D eigenvalue weighted by Gasteiger charge is 2.05. The first-order chi connectivity index (χ1) is 12.1. The molecule has 0 spiro atoms. The summed E-state index contributed by atoms with van der Waals surface area (Å²) in [6.45, 7) is 2.35. The number of allylic oxidation sites excluding steroid dienone is 1. The van der Waals surface area contributed by atoms with Crippen molar-refractivity contribution in [1.29, 1.82) is 0 Å². The predicted octanol–water partition coefficient (Wildman–Crippen LogP) is 3.53. The molecule has 0 atom stereocenters. The van der Waals surface area contributed by atoms with Crippen LogP contribution < -0.4 is 9.47 Å². The van der Waals surface area contributed by atoms with Gasteiger partial charge in [-0.2, -0.15) is 0 Å². The number of hydrogen-bond acceptors (Lipinski definition) is 5. The first-order valence-corrected chi connectivity index (χ1v) is 7.87. The van der Waals surface area contributed by atoms with Gasteiger partial charge in [0.2, 0.25) is 0 Å². The van der Waals surface area contributed by atoms with Crippen molar-refractivity contribution in [2.45, 2.75) is 6.92 Å². The third kappa shape index (κ3) is 5.80. The van der Waals surface area contributed by atoms with Crippen molar-refractivity contribution in [3.63, 3.8) is 0 Å². The number of carbonyl (C=O) groups is 2. The first-order valence-electron chi connectivity index (χ1n) is 7.87. The molecular weight excluding hydrogens is 320 g/mol. The van der Waals surface area contributed by atoms with Gasteiger partial charge < -0.3 is 14.2 Å². The molecule has 25 heavy (non-hydrogen) atoms. The molecule has 2 aromatic rings. The molecule has 0 aromatic heterocycles. The molecule has 0 heterocycles. The van der Waals surface area contributed by atoms with Gasteiger partial charge in [0.15, 0.2) is 12.4 Å². The molecule has 5 nitrogen and oxygen atoms in total. The van der Waals surface area contributed by atoms with E-state index in [1.54, 1.807) is 30.3 Å². The third-order valence-electron chi connectivity index (χ3n) is 3.32. The third-order valence-corrected chi connectivity index (χ3v) is 3.32. The van der Waals surface area contributed by atoms with Crippen molar-refractivity contribution in [2.75, 3.05) is 20.3 Å². The number of benzene rings is 2. The fourth-order valence-corrected chi connectivity index (χ4v) is 2.06. The number of methoxy groups -OCH3 is 1. The lowest BCUT2D eigenvalue weighted by atomic mass is 10.1. The highest BCUT2D eigenvalue weighted by Crippen LogP contribution is 2.16. The Balaban J connectivity index is 1.98. The molecule has 0 radical (unpaired) electrons. The lowest BCUT2D eigenvalue weighted by molar-refractivity contribution is -0.142. The zero-order chi connectivity index (χ0) is 18.1. The summed E-state index contributed by atoms with van der Waals surface area (Å²) < 4.78 is 15.2. The van der Waals surface area contributed by atoms with E-state index in [9.17, 15) is 9.59 Å². The summed E-state index contributed by atoms with van der Waals surface area (Å²) in [6, 6.07) is 14.1. The molecule has 2 rings (SSSR count). The zero-order valence-corrected chi connectivity index (χ0v) is 14.2. The van der Waals surface area contributed by atoms with Gasteiger partial charge in [-0.1, -0.05) is 18.2 Å². The average Bonchev–Trinajstić information content (AvgIpc) is 2.65. The molecule has 0 unspecified atom stereocenters. The Morgan fingerprint density at radius 1 is 1.00 bits per heavy atom. The van der Waals surface area contributed by atoms with Gasteiger partial charge in [0, 0.05) is 5.56 Å². The average molecular weight is 340 g/mol. The molecule has 0 aliphatic heterocycles. The van der Waals surface area contributed by atoms with E-state index in [-0.39, 0.29) is 12.4 Å². The Morgan fingerprint density at radius 2 is 1.76 bits per heavy atom. The van der Waals surface area contributed by atoms with Gasteiger partial charge >= 0.3 is 5.97 Å². The van der Waals surface area contributed by atoms with Gasteiger partial charge in [0.1, 0.15) is 11.5 Å². The Hall–Kier alpha value is -3.08. The molecule has 0 N–H and O–H groups in total. The fourth-order valence-electron chi connectivity index (χ4n) is 2.06. The van der Waals surface area contributed by atoms with Crippen LogP contribution >= 0.6 is 0 Å². The van der Waals surface area contributed by atoms with Crippen molar-refractivity contribution < 1.29 is 23.8 Å². The normalized spacial score (nSPS) is 10.5. The molecule has 0 saturated carbocycles. The van der Waals surface area contributed by atoms with Gasteiger partial charge in [-0.25, -0.2) is 4.79 Å². The van der Waals surface area contributed by atoms with Crippen LogP contribution in [0.1, 0.15) is 22.8 Å². The van der Waals surface area contributed by atoms with Crippen molar-refractivity contribution >= 4 is 17.8 Å². The van der Waals surface area contributed by atoms with Crippen LogP contribution in [0.2, 0.25) is 0 Å². The van der Waals surface area contributed by atoms with E-state index in [1.807, 2.05) is 31.2 Å². The van der Waals surface area contributed by atoms with Gasteiger partial charge in [-0.3, -0.25) is 4.79 Å². The highest BCUT2D eigenvalue weighted by molar-refractivity contribution is 6.06. The minimum atomic E-state index is -0.461. The molecule has 0 fully saturated rings. The van der Waals surface area contributed by atoms with Crippen molar-refractivity contribution in [3.8, 4) is 11.5 Å². The summed E-state index contributed by atoms with van der Waals surface area (Å²) in [4.78, 5) is 23.2. The Bertz CT molecular complexity index is 747. The largest absolute Gasteiger partial charge is 0.494 e. The number of esters is 1. The topological polar surface area (TPSA) is 61.8 Å². The van der Waals surface area contributed by atoms with Crippen LogP contribution in [-0.2, 0) is 9.53 Å². The zero-order valence-electron chi connectivity index (χ0n) is 14.2. The number of ketones is 1. The smallest absolute Gasteiger partial charge is 0.343 e. The lowest BCUT2D eigenvalue weighted by Crippen LogP contribution is -2.12. The highest BCUT2D eigenvalue weighted by atomic mass is 16.6. The second-order valence-corrected chi connectivity index (χ2v) is 5.09. The molecule has 0 amide bonds. The van der Waals surface area contributed by atoms with E-state index in [4.69, 9.17) is 9.47 Å². The number of ether oxygens (including phenoxy) is 3. The predicted molar refractivity (Wildman–Crippen MR) is 94.9 cm³/mol. The van der Waals surface area contributed by atoms with Crippen molar-refractivity contribution in [1.82, 2.24) is 0 Å². The van der Waals surface area contributed by atoms with Crippen LogP contribution in [0.4, 0.5) is 0 Å². The van der Waals surface area contributed by atoms with Crippen LogP contribution in [0.15, 0.2) is 54.6 Å².